The molecule has 0 fully saturated rings. The van der Waals surface area contributed by atoms with Crippen molar-refractivity contribution in [3.63, 3.8) is 0 Å². The Hall–Kier alpha value is -3.84. The van der Waals surface area contributed by atoms with Gasteiger partial charge in [0.15, 0.2) is 6.10 Å². The van der Waals surface area contributed by atoms with Crippen molar-refractivity contribution in [3.8, 4) is 22.6 Å². The summed E-state index contributed by atoms with van der Waals surface area (Å²) in [6.07, 6.45) is 23.7. The van der Waals surface area contributed by atoms with Crippen LogP contribution in [0.15, 0.2) is 66.7 Å². The fourth-order valence-corrected chi connectivity index (χ4v) is 6.58. The molecule has 0 aromatic heterocycles. The topological polar surface area (TPSA) is 88.1 Å². The number of carbonyl (C=O) groups is 3. The minimum Gasteiger partial charge on any atom is -0.492 e. The van der Waals surface area contributed by atoms with Crippen LogP contribution in [0.2, 0.25) is 5.02 Å². The SMILES string of the molecule is CCCCCCCCCCCCOC(=O)C(C)OC(=O)c1ccc(OC(=O)c2ccc(-c3ccc(OCCCCCCCCCCCC)c(Cl)c3)cc2)cc1. The third-order valence-corrected chi connectivity index (χ3v) is 10.1. The second kappa shape index (κ2) is 27.7. The minimum absolute atomic E-state index is 0.229. The summed E-state index contributed by atoms with van der Waals surface area (Å²) in [5.41, 5.74) is 2.42. The van der Waals surface area contributed by atoms with E-state index in [2.05, 4.69) is 13.8 Å². The van der Waals surface area contributed by atoms with Crippen molar-refractivity contribution in [3.05, 3.63) is 82.9 Å². The molecule has 0 radical (unpaired) electrons. The Morgan fingerprint density at radius 2 is 1.00 bits per heavy atom. The summed E-state index contributed by atoms with van der Waals surface area (Å²) in [6.45, 7) is 6.94. The molecule has 3 rings (SSSR count). The number of ether oxygens (including phenoxy) is 4. The van der Waals surface area contributed by atoms with Crippen LogP contribution in [0.5, 0.6) is 11.5 Å². The normalized spacial score (nSPS) is 11.6. The number of carbonyl (C=O) groups excluding carboxylic acids is 3. The van der Waals surface area contributed by atoms with Crippen molar-refractivity contribution in [2.24, 2.45) is 0 Å². The molecule has 0 N–H and O–H groups in total. The average Bonchev–Trinajstić information content (AvgIpc) is 3.19. The molecular weight excluding hydrogens is 712 g/mol. The van der Waals surface area contributed by atoms with Gasteiger partial charge in [-0.05, 0) is 79.4 Å². The Morgan fingerprint density at radius 3 is 1.53 bits per heavy atom. The van der Waals surface area contributed by atoms with Crippen LogP contribution in [0.25, 0.3) is 11.1 Å². The summed E-state index contributed by atoms with van der Waals surface area (Å²) in [4.78, 5) is 37.8. The van der Waals surface area contributed by atoms with Crippen molar-refractivity contribution in [1.29, 1.82) is 0 Å². The van der Waals surface area contributed by atoms with Gasteiger partial charge in [-0.25, -0.2) is 14.4 Å². The summed E-state index contributed by atoms with van der Waals surface area (Å²) in [5, 5.41) is 0.550. The van der Waals surface area contributed by atoms with Gasteiger partial charge in [0.1, 0.15) is 11.5 Å². The number of unbranched alkanes of at least 4 members (excludes halogenated alkanes) is 18. The van der Waals surface area contributed by atoms with Crippen molar-refractivity contribution < 1.29 is 33.3 Å². The molecule has 7 nitrogen and oxygen atoms in total. The van der Waals surface area contributed by atoms with Gasteiger partial charge in [-0.15, -0.1) is 0 Å². The zero-order chi connectivity index (χ0) is 39.5. The van der Waals surface area contributed by atoms with Crippen LogP contribution in [-0.4, -0.2) is 37.2 Å². The molecule has 3 aromatic rings. The molecule has 1 unspecified atom stereocenters. The lowest BCUT2D eigenvalue weighted by Gasteiger charge is -2.13. The highest BCUT2D eigenvalue weighted by Gasteiger charge is 2.20. The number of benzene rings is 3. The largest absolute Gasteiger partial charge is 0.492 e. The maximum atomic E-state index is 12.9. The lowest BCUT2D eigenvalue weighted by Crippen LogP contribution is -2.26. The molecule has 0 bridgehead atoms. The van der Waals surface area contributed by atoms with Crippen molar-refractivity contribution in [1.82, 2.24) is 0 Å². The first-order chi connectivity index (χ1) is 26.8. The Labute approximate surface area is 335 Å². The molecule has 8 heteroatoms. The second-order valence-corrected chi connectivity index (χ2v) is 15.0. The second-order valence-electron chi connectivity index (χ2n) is 14.6. The summed E-state index contributed by atoms with van der Waals surface area (Å²) in [7, 11) is 0. The fraction of sp³-hybridized carbons (Fsp3) is 0.553. The lowest BCUT2D eigenvalue weighted by molar-refractivity contribution is -0.153. The Bertz CT molecular complexity index is 1520. The van der Waals surface area contributed by atoms with Gasteiger partial charge in [-0.1, -0.05) is 159 Å². The molecule has 3 aromatic carbocycles. The number of halogens is 1. The minimum atomic E-state index is -1.03. The van der Waals surface area contributed by atoms with Gasteiger partial charge in [-0.2, -0.15) is 0 Å². The quantitative estimate of drug-likeness (QED) is 0.0394. The van der Waals surface area contributed by atoms with Crippen LogP contribution in [0, 0.1) is 0 Å². The summed E-state index contributed by atoms with van der Waals surface area (Å²) in [5.74, 6) is -0.813. The van der Waals surface area contributed by atoms with E-state index in [1.165, 1.54) is 128 Å². The van der Waals surface area contributed by atoms with Crippen LogP contribution in [0.4, 0.5) is 0 Å². The highest BCUT2D eigenvalue weighted by atomic mass is 35.5. The molecule has 0 aliphatic heterocycles. The fourth-order valence-electron chi connectivity index (χ4n) is 6.35. The first-order valence-electron chi connectivity index (χ1n) is 21.0. The van der Waals surface area contributed by atoms with Crippen LogP contribution in [0.3, 0.4) is 0 Å². The first kappa shape index (κ1) is 45.5. The van der Waals surface area contributed by atoms with Crippen molar-refractivity contribution in [2.45, 2.75) is 155 Å². The van der Waals surface area contributed by atoms with Gasteiger partial charge in [0.2, 0.25) is 0 Å². The van der Waals surface area contributed by atoms with E-state index in [4.69, 9.17) is 30.5 Å². The van der Waals surface area contributed by atoms with Crippen LogP contribution < -0.4 is 9.47 Å². The molecule has 0 amide bonds. The van der Waals surface area contributed by atoms with E-state index >= 15 is 0 Å². The maximum Gasteiger partial charge on any atom is 0.347 e. The molecule has 1 atom stereocenters. The van der Waals surface area contributed by atoms with Gasteiger partial charge in [0.25, 0.3) is 0 Å². The molecule has 0 aliphatic rings. The van der Waals surface area contributed by atoms with Gasteiger partial charge in [-0.3, -0.25) is 0 Å². The monoisotopic (exact) mass is 776 g/mol. The van der Waals surface area contributed by atoms with E-state index < -0.39 is 24.0 Å². The van der Waals surface area contributed by atoms with Gasteiger partial charge >= 0.3 is 17.9 Å². The van der Waals surface area contributed by atoms with E-state index in [1.807, 2.05) is 30.3 Å². The van der Waals surface area contributed by atoms with Gasteiger partial charge in [0, 0.05) is 0 Å². The summed E-state index contributed by atoms with van der Waals surface area (Å²) in [6, 6.07) is 18.8. The predicted molar refractivity (Wildman–Crippen MR) is 223 cm³/mol. The van der Waals surface area contributed by atoms with Crippen LogP contribution >= 0.6 is 11.6 Å². The standard InChI is InChI=1S/C47H65ClO7/c1-4-6-8-10-12-14-16-18-20-22-34-52-44-33-30-41(36-43(44)48)38-24-26-39(27-25-38)47(51)55-42-31-28-40(29-32-42)46(50)54-37(3)45(49)53-35-23-21-19-17-15-13-11-9-7-5-2/h24-33,36-37H,4-23,34-35H2,1-3H3. The third-order valence-electron chi connectivity index (χ3n) is 9.80. The van der Waals surface area contributed by atoms with Crippen LogP contribution in [0.1, 0.15) is 170 Å². The number of esters is 3. The van der Waals surface area contributed by atoms with E-state index in [0.29, 0.717) is 29.5 Å². The zero-order valence-corrected chi connectivity index (χ0v) is 34.5. The van der Waals surface area contributed by atoms with E-state index in [1.54, 1.807) is 12.1 Å². The first-order valence-corrected chi connectivity index (χ1v) is 21.4. The van der Waals surface area contributed by atoms with Crippen molar-refractivity contribution in [2.75, 3.05) is 13.2 Å². The number of hydrogen-bond acceptors (Lipinski definition) is 7. The zero-order valence-electron chi connectivity index (χ0n) is 33.7. The molecule has 0 saturated heterocycles. The predicted octanol–water partition coefficient (Wildman–Crippen LogP) is 13.5. The maximum absolute atomic E-state index is 12.9. The Kier molecular flexibility index (Phi) is 22.9. The molecule has 0 aliphatic carbocycles. The average molecular weight is 777 g/mol. The van der Waals surface area contributed by atoms with Gasteiger partial charge < -0.3 is 18.9 Å². The van der Waals surface area contributed by atoms with Crippen molar-refractivity contribution >= 4 is 29.5 Å². The summed E-state index contributed by atoms with van der Waals surface area (Å²) >= 11 is 6.56. The molecular formula is C47H65ClO7. The van der Waals surface area contributed by atoms with Crippen LogP contribution in [-0.2, 0) is 14.3 Å². The third kappa shape index (κ3) is 18.6. The van der Waals surface area contributed by atoms with E-state index in [9.17, 15) is 14.4 Å². The molecule has 0 saturated carbocycles. The lowest BCUT2D eigenvalue weighted by atomic mass is 10.0. The molecule has 0 spiro atoms. The molecule has 302 valence electrons. The highest BCUT2D eigenvalue weighted by Crippen LogP contribution is 2.31. The number of hydrogen-bond donors (Lipinski definition) is 0. The highest BCUT2D eigenvalue weighted by molar-refractivity contribution is 6.32. The number of rotatable bonds is 29. The Morgan fingerprint density at radius 1 is 0.545 bits per heavy atom. The summed E-state index contributed by atoms with van der Waals surface area (Å²) < 4.78 is 22.1. The smallest absolute Gasteiger partial charge is 0.347 e. The molecule has 0 heterocycles. The molecule has 55 heavy (non-hydrogen) atoms. The van der Waals surface area contributed by atoms with E-state index in [-0.39, 0.29) is 11.3 Å². The Balaban J connectivity index is 1.33. The van der Waals surface area contributed by atoms with Gasteiger partial charge in [0.05, 0.1) is 29.4 Å². The van der Waals surface area contributed by atoms with E-state index in [0.717, 1.165) is 43.2 Å².